The van der Waals surface area contributed by atoms with E-state index in [1.54, 1.807) is 0 Å². The molecule has 0 N–H and O–H groups in total. The fraction of sp³-hybridized carbons (Fsp3) is 0. The first kappa shape index (κ1) is 16.3. The third kappa shape index (κ3) is 6.21. The van der Waals surface area contributed by atoms with E-state index in [9.17, 15) is 34.3 Å². The van der Waals surface area contributed by atoms with Gasteiger partial charge in [0, 0.05) is 44.8 Å². The summed E-state index contributed by atoms with van der Waals surface area (Å²) < 4.78 is 381. The molecule has 320 valence electrons. The summed E-state index contributed by atoms with van der Waals surface area (Å²) in [6.45, 7) is 0. The summed E-state index contributed by atoms with van der Waals surface area (Å²) in [6.07, 6.45) is -0.863. The fourth-order valence-electron chi connectivity index (χ4n) is 8.27. The van der Waals surface area contributed by atoms with Crippen LogP contribution >= 0.6 is 0 Å². The fourth-order valence-corrected chi connectivity index (χ4v) is 8.27. The van der Waals surface area contributed by atoms with Crippen molar-refractivity contribution in [3.63, 3.8) is 0 Å². The molecular weight excluding hydrogens is 837 g/mol. The first-order valence-corrected chi connectivity index (χ1v) is 20.3. The Balaban J connectivity index is 1.30. The van der Waals surface area contributed by atoms with Crippen molar-refractivity contribution in [2.75, 3.05) is 0 Å². The zero-order chi connectivity index (χ0) is 80.2. The van der Waals surface area contributed by atoms with E-state index in [1.165, 1.54) is 0 Å². The quantitative estimate of drug-likeness (QED) is 0.156. The van der Waals surface area contributed by atoms with Gasteiger partial charge in [-0.3, -0.25) is 4.98 Å². The van der Waals surface area contributed by atoms with Gasteiger partial charge in [-0.2, -0.15) is 0 Å². The molecule has 0 saturated heterocycles. The maximum Gasteiger partial charge on any atom is 0.143 e. The van der Waals surface area contributed by atoms with Gasteiger partial charge in [0.05, 0.1) is 71.6 Å². The number of fused-ring (bicyclic) bond motifs is 8. The summed E-state index contributed by atoms with van der Waals surface area (Å²) >= 11 is 0. The molecule has 0 spiro atoms. The summed E-state index contributed by atoms with van der Waals surface area (Å²) in [4.78, 5) is 8.53. The molecule has 3 aromatic heterocycles. The van der Waals surface area contributed by atoms with Gasteiger partial charge >= 0.3 is 0 Å². The smallest absolute Gasteiger partial charge is 0.143 e. The second kappa shape index (κ2) is 15.7. The van der Waals surface area contributed by atoms with Crippen molar-refractivity contribution >= 4 is 75.7 Å². The van der Waals surface area contributed by atoms with Crippen molar-refractivity contribution in [2.45, 2.75) is 0 Å². The van der Waals surface area contributed by atoms with E-state index in [1.807, 2.05) is 0 Å². The van der Waals surface area contributed by atoms with Gasteiger partial charge in [0.25, 0.3) is 0 Å². The van der Waals surface area contributed by atoms with Crippen molar-refractivity contribution in [3.8, 4) is 67.3 Å². The number of benzene rings is 11. The molecule has 0 aliphatic rings. The maximum atomic E-state index is 10.7. The lowest BCUT2D eigenvalue weighted by atomic mass is 9.84. The molecule has 0 aliphatic carbocycles. The van der Waals surface area contributed by atoms with Gasteiger partial charge < -0.3 is 4.42 Å². The number of pyridine rings is 2. The average molecular weight is 917 g/mol. The highest BCUT2D eigenvalue weighted by molar-refractivity contribution is 6.18. The highest BCUT2D eigenvalue weighted by Crippen LogP contribution is 2.54. The van der Waals surface area contributed by atoms with Gasteiger partial charge in [-0.15, -0.1) is 0 Å². The summed E-state index contributed by atoms with van der Waals surface area (Å²) in [5, 5.41) is -10.7. The van der Waals surface area contributed by atoms with Crippen molar-refractivity contribution < 1.29 is 59.2 Å². The number of furan rings is 1. The van der Waals surface area contributed by atoms with Gasteiger partial charge in [-0.05, 0) is 88.2 Å². The van der Waals surface area contributed by atoms with E-state index < -0.39 is 385 Å². The number of rotatable bonds is 6. The van der Waals surface area contributed by atoms with Crippen LogP contribution in [0.1, 0.15) is 54.8 Å². The van der Waals surface area contributed by atoms with Crippen molar-refractivity contribution in [1.82, 2.24) is 9.97 Å². The molecule has 0 bridgehead atoms. The predicted molar refractivity (Wildman–Crippen MR) is 289 cm³/mol. The van der Waals surface area contributed by atoms with Crippen molar-refractivity contribution in [2.24, 2.45) is 0 Å². The van der Waals surface area contributed by atoms with Gasteiger partial charge in [-0.1, -0.05) is 224 Å². The second-order valence-electron chi connectivity index (χ2n) is 14.9. The first-order valence-electron chi connectivity index (χ1n) is 40.3. The van der Waals surface area contributed by atoms with Gasteiger partial charge in [0.15, 0.2) is 0 Å². The number of nitrogens with zero attached hydrogens (tertiary/aromatic N) is 2. The maximum absolute atomic E-state index is 10.7. The average Bonchev–Trinajstić information content (AvgIpc) is 1.67. The Hall–Kier alpha value is -9.18. The molecule has 0 saturated carbocycles. The van der Waals surface area contributed by atoms with Gasteiger partial charge in [0.2, 0.25) is 0 Å². The van der Waals surface area contributed by atoms with Gasteiger partial charge in [-0.25, -0.2) is 4.98 Å². The third-order valence-electron chi connectivity index (χ3n) is 11.2. The molecular formula is C66H40N2O. The minimum atomic E-state index is -1.46. The van der Waals surface area contributed by atoms with Crippen LogP contribution in [0.5, 0.6) is 0 Å². The molecule has 3 nitrogen and oxygen atoms in total. The second-order valence-corrected chi connectivity index (χ2v) is 14.9. The van der Waals surface area contributed by atoms with Crippen LogP contribution in [-0.4, -0.2) is 9.97 Å². The zero-order valence-electron chi connectivity index (χ0n) is 74.3. The summed E-state index contributed by atoms with van der Waals surface area (Å²) in [6, 6.07) is -44.2. The topological polar surface area (TPSA) is 38.9 Å². The minimum absolute atomic E-state index is 0.541. The largest absolute Gasteiger partial charge is 0.455 e. The molecule has 3 heterocycles. The zero-order valence-corrected chi connectivity index (χ0v) is 34.3. The van der Waals surface area contributed by atoms with E-state index in [0.717, 1.165) is 0 Å². The van der Waals surface area contributed by atoms with Crippen LogP contribution in [-0.2, 0) is 0 Å². The van der Waals surface area contributed by atoms with Crippen LogP contribution in [0.4, 0.5) is 0 Å². The minimum Gasteiger partial charge on any atom is -0.455 e. The number of hydrogen-bond donors (Lipinski definition) is 0. The lowest BCUT2D eigenvalue weighted by molar-refractivity contribution is 0.600. The third-order valence-corrected chi connectivity index (χ3v) is 11.2. The lowest BCUT2D eigenvalue weighted by Crippen LogP contribution is -1.93. The normalized spacial score (nSPS) is 19.9. The molecule has 0 radical (unpaired) electrons. The monoisotopic (exact) mass is 917 g/mol. The molecule has 3 heteroatoms. The standard InChI is InChI=1S/C66H40N2O/c1-4-22-46-41(15-1)18-11-29-56(46)61-62(66(59-31-13-20-43-17-3-6-24-48(43)59)69-65(61)58-30-12-19-42-16-2-5-23-47(42)58)57-38-36-54(50-26-8-10-28-52(50)57)53-35-37-55(51-27-9-7-25-49(51)53)60-39-34-45-33-32-44-21-14-40-67-63(44)64(45)68-60/h1-40H/i1D,2D,3D,4D,5D,6D,7D,8D,9D,10D,11D,12D,13D,14D,15D,16D,17D,18D,19D,20D,21D,22D,23D,24D,25D,26D,27D,28D,29D,30D,31D,32D,33D,34D,35D,36D,37D,38D,39D,40D. The summed E-state index contributed by atoms with van der Waals surface area (Å²) in [7, 11) is 0. The van der Waals surface area contributed by atoms with Gasteiger partial charge in [0.1, 0.15) is 11.5 Å². The Morgan fingerprint density at radius 2 is 0.652 bits per heavy atom. The Kier molecular flexibility index (Phi) is 3.71. The molecule has 0 unspecified atom stereocenters. The van der Waals surface area contributed by atoms with E-state index in [0.29, 0.717) is 0 Å². The predicted octanol–water partition coefficient (Wildman–Crippen LogP) is 18.1. The Bertz CT molecular complexity index is 6760. The van der Waals surface area contributed by atoms with Crippen LogP contribution < -0.4 is 0 Å². The first-order chi connectivity index (χ1) is 50.9. The Labute approximate surface area is 454 Å². The number of aromatic nitrogens is 2. The highest BCUT2D eigenvalue weighted by Gasteiger charge is 2.29. The van der Waals surface area contributed by atoms with Crippen molar-refractivity contribution in [1.29, 1.82) is 0 Å². The summed E-state index contributed by atoms with van der Waals surface area (Å²) in [5.41, 5.74) is -12.0. The van der Waals surface area contributed by atoms with Crippen LogP contribution in [0.2, 0.25) is 0 Å². The number of hydrogen-bond acceptors (Lipinski definition) is 3. The molecule has 11 aromatic carbocycles. The van der Waals surface area contributed by atoms with Crippen LogP contribution in [0.3, 0.4) is 0 Å². The Morgan fingerprint density at radius 3 is 1.22 bits per heavy atom. The van der Waals surface area contributed by atoms with Crippen LogP contribution in [0, 0.1) is 0 Å². The molecule has 14 aromatic rings. The highest BCUT2D eigenvalue weighted by atomic mass is 16.3. The molecule has 0 amide bonds. The molecule has 14 rings (SSSR count). The Morgan fingerprint density at radius 1 is 0.275 bits per heavy atom. The molecule has 0 aliphatic heterocycles. The van der Waals surface area contributed by atoms with E-state index >= 15 is 0 Å². The molecule has 0 fully saturated rings. The molecule has 69 heavy (non-hydrogen) atoms. The van der Waals surface area contributed by atoms with Crippen LogP contribution in [0.25, 0.3) is 143 Å². The van der Waals surface area contributed by atoms with Crippen LogP contribution in [0.15, 0.2) is 246 Å². The van der Waals surface area contributed by atoms with Crippen molar-refractivity contribution in [3.05, 3.63) is 242 Å². The molecule has 0 atom stereocenters. The lowest BCUT2D eigenvalue weighted by Gasteiger charge is -2.17. The van der Waals surface area contributed by atoms with E-state index in [-0.39, 0.29) is 0 Å². The summed E-state index contributed by atoms with van der Waals surface area (Å²) in [5.74, 6) is -2.51. The van der Waals surface area contributed by atoms with E-state index in [4.69, 9.17) is 25.0 Å². The SMILES string of the molecule is [2H]c1nc2c(c([2H])c1[2H])c([2H])c([2H])c1c([2H])c([2H])c(-c3c([2H])c([2H])c(-c4c([2H])c([2H])c(-c5c(-c6c([2H])c([2H])c([2H])c7c([2H])c([2H])c([2H])c([2H])c67)oc(-c6c([2H])c([2H])c([2H])c7c([2H])c([2H])c([2H])c([2H])c67)c5-c5c([2H])c([2H])c([2H])c6c([2H])c([2H])c([2H])c([2H])c56)c5c([2H])c([2H])c([2H])c([2H])c45)c4c([2H])c([2H])c([2H])c([2H])c34)nc12. The van der Waals surface area contributed by atoms with E-state index in [2.05, 4.69) is 9.97 Å².